The number of hydrogen-bond donors (Lipinski definition) is 1. The van der Waals surface area contributed by atoms with Crippen LogP contribution in [-0.4, -0.2) is 35.1 Å². The quantitative estimate of drug-likeness (QED) is 0.856. The van der Waals surface area contributed by atoms with Crippen LogP contribution >= 0.6 is 0 Å². The first-order chi connectivity index (χ1) is 9.43. The lowest BCUT2D eigenvalue weighted by Crippen LogP contribution is -2.47. The summed E-state index contributed by atoms with van der Waals surface area (Å²) in [5.41, 5.74) is 0.423. The molecule has 0 bridgehead atoms. The van der Waals surface area contributed by atoms with Gasteiger partial charge in [0.25, 0.3) is 0 Å². The second kappa shape index (κ2) is 6.46. The third kappa shape index (κ3) is 3.75. The van der Waals surface area contributed by atoms with E-state index in [0.29, 0.717) is 5.41 Å². The lowest BCUT2D eigenvalue weighted by molar-refractivity contribution is -0.146. The molecule has 2 rings (SSSR count). The standard InChI is InChI=1S/C17H31NO2/c1-4-13-6-7-14(16(19)20)15(12-13)18-10-5-8-17(2,3)9-11-18/h13-15H,4-12H2,1-3H3,(H,19,20). The van der Waals surface area contributed by atoms with Crippen molar-refractivity contribution in [1.82, 2.24) is 4.90 Å². The summed E-state index contributed by atoms with van der Waals surface area (Å²) in [5.74, 6) is 0.0129. The van der Waals surface area contributed by atoms with Gasteiger partial charge < -0.3 is 5.11 Å². The zero-order valence-corrected chi connectivity index (χ0v) is 13.4. The molecule has 116 valence electrons. The van der Waals surface area contributed by atoms with Gasteiger partial charge in [-0.1, -0.05) is 27.2 Å². The van der Waals surface area contributed by atoms with Crippen LogP contribution in [0.4, 0.5) is 0 Å². The second-order valence-electron chi connectivity index (χ2n) is 7.65. The van der Waals surface area contributed by atoms with Crippen LogP contribution in [0.25, 0.3) is 0 Å². The van der Waals surface area contributed by atoms with Crippen molar-refractivity contribution in [3.63, 3.8) is 0 Å². The van der Waals surface area contributed by atoms with Gasteiger partial charge in [-0.3, -0.25) is 9.69 Å². The summed E-state index contributed by atoms with van der Waals surface area (Å²) in [6.07, 6.45) is 7.95. The number of aliphatic carboxylic acids is 1. The van der Waals surface area contributed by atoms with Crippen LogP contribution in [0, 0.1) is 17.3 Å². The molecule has 3 unspecified atom stereocenters. The Bertz CT molecular complexity index is 340. The van der Waals surface area contributed by atoms with Crippen molar-refractivity contribution in [3.05, 3.63) is 0 Å². The maximum absolute atomic E-state index is 11.6. The normalized spacial score (nSPS) is 35.5. The van der Waals surface area contributed by atoms with E-state index >= 15 is 0 Å². The lowest BCUT2D eigenvalue weighted by Gasteiger charge is -2.41. The van der Waals surface area contributed by atoms with Crippen LogP contribution in [0.2, 0.25) is 0 Å². The first-order valence-corrected chi connectivity index (χ1v) is 8.40. The summed E-state index contributed by atoms with van der Waals surface area (Å²) >= 11 is 0. The van der Waals surface area contributed by atoms with Gasteiger partial charge in [0.05, 0.1) is 5.92 Å². The Morgan fingerprint density at radius 2 is 2.00 bits per heavy atom. The van der Waals surface area contributed by atoms with Gasteiger partial charge >= 0.3 is 5.97 Å². The maximum atomic E-state index is 11.6. The largest absolute Gasteiger partial charge is 0.481 e. The van der Waals surface area contributed by atoms with E-state index in [4.69, 9.17) is 0 Å². The number of likely N-dealkylation sites (tertiary alicyclic amines) is 1. The lowest BCUT2D eigenvalue weighted by atomic mass is 9.76. The monoisotopic (exact) mass is 281 g/mol. The van der Waals surface area contributed by atoms with Crippen molar-refractivity contribution >= 4 is 5.97 Å². The predicted octanol–water partition coefficient (Wildman–Crippen LogP) is 3.78. The number of carbonyl (C=O) groups is 1. The Hall–Kier alpha value is -0.570. The fourth-order valence-electron chi connectivity index (χ4n) is 4.07. The summed E-state index contributed by atoms with van der Waals surface area (Å²) in [7, 11) is 0. The third-order valence-electron chi connectivity index (χ3n) is 5.66. The number of carboxylic acids is 1. The molecule has 0 amide bonds. The number of carboxylic acid groups (broad SMARTS) is 1. The van der Waals surface area contributed by atoms with E-state index in [0.717, 1.165) is 38.3 Å². The number of hydrogen-bond acceptors (Lipinski definition) is 2. The highest BCUT2D eigenvalue weighted by atomic mass is 16.4. The van der Waals surface area contributed by atoms with Gasteiger partial charge in [0.15, 0.2) is 0 Å². The van der Waals surface area contributed by atoms with Crippen LogP contribution in [-0.2, 0) is 4.79 Å². The van der Waals surface area contributed by atoms with Gasteiger partial charge in [0, 0.05) is 6.04 Å². The maximum Gasteiger partial charge on any atom is 0.308 e. The minimum atomic E-state index is -0.576. The number of rotatable bonds is 3. The Morgan fingerprint density at radius 3 is 2.65 bits per heavy atom. The van der Waals surface area contributed by atoms with Crippen LogP contribution in [0.15, 0.2) is 0 Å². The molecule has 0 aromatic heterocycles. The van der Waals surface area contributed by atoms with E-state index in [-0.39, 0.29) is 12.0 Å². The summed E-state index contributed by atoms with van der Waals surface area (Å²) in [5, 5.41) is 9.54. The van der Waals surface area contributed by atoms with Crippen molar-refractivity contribution in [1.29, 1.82) is 0 Å². The third-order valence-corrected chi connectivity index (χ3v) is 5.66. The Labute approximate surface area is 123 Å². The van der Waals surface area contributed by atoms with Gasteiger partial charge in [-0.05, 0) is 62.9 Å². The molecule has 3 atom stereocenters. The van der Waals surface area contributed by atoms with Gasteiger partial charge in [-0.25, -0.2) is 0 Å². The molecule has 3 heteroatoms. The van der Waals surface area contributed by atoms with Crippen molar-refractivity contribution in [3.8, 4) is 0 Å². The number of nitrogens with zero attached hydrogens (tertiary/aromatic N) is 1. The molecular formula is C17H31NO2. The zero-order valence-electron chi connectivity index (χ0n) is 13.4. The van der Waals surface area contributed by atoms with Gasteiger partial charge in [0.1, 0.15) is 0 Å². The molecule has 3 nitrogen and oxygen atoms in total. The molecule has 0 radical (unpaired) electrons. The molecule has 1 saturated carbocycles. The zero-order chi connectivity index (χ0) is 14.8. The van der Waals surface area contributed by atoms with E-state index in [1.165, 1.54) is 25.7 Å². The van der Waals surface area contributed by atoms with E-state index in [9.17, 15) is 9.90 Å². The minimum Gasteiger partial charge on any atom is -0.481 e. The van der Waals surface area contributed by atoms with Crippen LogP contribution < -0.4 is 0 Å². The van der Waals surface area contributed by atoms with Crippen LogP contribution in [0.3, 0.4) is 0 Å². The molecule has 2 aliphatic rings. The first kappa shape index (κ1) is 15.8. The van der Waals surface area contributed by atoms with Crippen molar-refractivity contribution in [2.75, 3.05) is 13.1 Å². The Balaban J connectivity index is 2.07. The fourth-order valence-corrected chi connectivity index (χ4v) is 4.07. The van der Waals surface area contributed by atoms with E-state index in [1.807, 2.05) is 0 Å². The van der Waals surface area contributed by atoms with Gasteiger partial charge in [-0.15, -0.1) is 0 Å². The van der Waals surface area contributed by atoms with Crippen molar-refractivity contribution < 1.29 is 9.90 Å². The molecule has 1 heterocycles. The highest BCUT2D eigenvalue weighted by Crippen LogP contribution is 2.37. The molecule has 0 spiro atoms. The first-order valence-electron chi connectivity index (χ1n) is 8.40. The molecule has 1 aliphatic carbocycles. The summed E-state index contributed by atoms with van der Waals surface area (Å²) < 4.78 is 0. The van der Waals surface area contributed by atoms with Crippen LogP contribution in [0.1, 0.15) is 65.7 Å². The van der Waals surface area contributed by atoms with E-state index < -0.39 is 5.97 Å². The molecule has 1 N–H and O–H groups in total. The second-order valence-corrected chi connectivity index (χ2v) is 7.65. The highest BCUT2D eigenvalue weighted by molar-refractivity contribution is 5.71. The molecular weight excluding hydrogens is 250 g/mol. The van der Waals surface area contributed by atoms with Gasteiger partial charge in [-0.2, -0.15) is 0 Å². The fraction of sp³-hybridized carbons (Fsp3) is 0.941. The smallest absolute Gasteiger partial charge is 0.308 e. The summed E-state index contributed by atoms with van der Waals surface area (Å²) in [6.45, 7) is 9.11. The Morgan fingerprint density at radius 1 is 1.25 bits per heavy atom. The molecule has 20 heavy (non-hydrogen) atoms. The summed E-state index contributed by atoms with van der Waals surface area (Å²) in [6, 6.07) is 0.278. The molecule has 0 aromatic carbocycles. The van der Waals surface area contributed by atoms with E-state index in [1.54, 1.807) is 0 Å². The average Bonchev–Trinajstić information content (AvgIpc) is 2.58. The average molecular weight is 281 g/mol. The molecule has 0 aromatic rings. The Kier molecular flexibility index (Phi) is 5.11. The minimum absolute atomic E-state index is 0.140. The SMILES string of the molecule is CCC1CCC(C(=O)O)C(N2CCCC(C)(C)CC2)C1. The molecule has 2 fully saturated rings. The van der Waals surface area contributed by atoms with E-state index in [2.05, 4.69) is 25.7 Å². The van der Waals surface area contributed by atoms with Crippen molar-refractivity contribution in [2.45, 2.75) is 71.8 Å². The highest BCUT2D eigenvalue weighted by Gasteiger charge is 2.38. The molecule has 1 saturated heterocycles. The molecule has 1 aliphatic heterocycles. The predicted molar refractivity (Wildman–Crippen MR) is 81.8 cm³/mol. The van der Waals surface area contributed by atoms with Crippen LogP contribution in [0.5, 0.6) is 0 Å². The van der Waals surface area contributed by atoms with Crippen molar-refractivity contribution in [2.24, 2.45) is 17.3 Å². The topological polar surface area (TPSA) is 40.5 Å². The summed E-state index contributed by atoms with van der Waals surface area (Å²) in [4.78, 5) is 14.1. The van der Waals surface area contributed by atoms with Gasteiger partial charge in [0.2, 0.25) is 0 Å².